The molecule has 0 bridgehead atoms. The Morgan fingerprint density at radius 1 is 1.13 bits per heavy atom. The van der Waals surface area contributed by atoms with Crippen molar-refractivity contribution in [2.45, 2.75) is 38.1 Å². The van der Waals surface area contributed by atoms with Crippen LogP contribution in [0.5, 0.6) is 5.75 Å². The first-order chi connectivity index (χ1) is 14.9. The van der Waals surface area contributed by atoms with Crippen LogP contribution >= 0.6 is 0 Å². The maximum Gasteiger partial charge on any atom is 0.326 e. The zero-order chi connectivity index (χ0) is 22.2. The Balaban J connectivity index is 1.45. The summed E-state index contributed by atoms with van der Waals surface area (Å²) < 4.78 is 5.55. The lowest BCUT2D eigenvalue weighted by Crippen LogP contribution is -2.45. The molecule has 1 heterocycles. The predicted octanol–water partition coefficient (Wildman–Crippen LogP) is 2.74. The summed E-state index contributed by atoms with van der Waals surface area (Å²) in [5.74, 6) is -0.943. The molecule has 1 fully saturated rings. The quantitative estimate of drug-likeness (QED) is 0.604. The monoisotopic (exact) mass is 424 g/mol. The van der Waals surface area contributed by atoms with Crippen LogP contribution in [-0.2, 0) is 14.4 Å². The van der Waals surface area contributed by atoms with Crippen molar-refractivity contribution in [1.29, 1.82) is 0 Å². The lowest BCUT2D eigenvalue weighted by atomic mass is 9.95. The number of carboxylic acids is 1. The van der Waals surface area contributed by atoms with Crippen molar-refractivity contribution < 1.29 is 24.2 Å². The van der Waals surface area contributed by atoms with Gasteiger partial charge in [-0.15, -0.1) is 0 Å². The van der Waals surface area contributed by atoms with Crippen molar-refractivity contribution in [1.82, 2.24) is 10.2 Å². The number of amides is 2. The van der Waals surface area contributed by atoms with Crippen molar-refractivity contribution in [3.63, 3.8) is 0 Å². The molecular weight excluding hydrogens is 396 g/mol. The highest BCUT2D eigenvalue weighted by Gasteiger charge is 2.40. The first-order valence-corrected chi connectivity index (χ1v) is 10.5. The lowest BCUT2D eigenvalue weighted by Gasteiger charge is -2.21. The smallest absolute Gasteiger partial charge is 0.326 e. The van der Waals surface area contributed by atoms with Crippen LogP contribution in [0.4, 0.5) is 0 Å². The van der Waals surface area contributed by atoms with Crippen LogP contribution in [-0.4, -0.2) is 53.5 Å². The van der Waals surface area contributed by atoms with Crippen LogP contribution in [0.25, 0.3) is 0 Å². The summed E-state index contributed by atoms with van der Waals surface area (Å²) in [5, 5.41) is 12.2. The highest BCUT2D eigenvalue weighted by molar-refractivity contribution is 5.88. The second kappa shape index (κ2) is 10.6. The number of ether oxygens (including phenoxy) is 1. The minimum atomic E-state index is -1.02. The molecule has 2 amide bonds. The Bertz CT molecular complexity index is 915. The van der Waals surface area contributed by atoms with E-state index in [-0.39, 0.29) is 30.7 Å². The molecule has 2 N–H and O–H groups in total. The molecule has 1 saturated heterocycles. The van der Waals surface area contributed by atoms with Crippen molar-refractivity contribution in [2.75, 3.05) is 19.7 Å². The van der Waals surface area contributed by atoms with E-state index in [0.29, 0.717) is 26.0 Å². The zero-order valence-corrected chi connectivity index (χ0v) is 17.6. The largest absolute Gasteiger partial charge is 0.494 e. The maximum absolute atomic E-state index is 12.6. The fraction of sp³-hybridized carbons (Fsp3) is 0.375. The third kappa shape index (κ3) is 6.31. The average Bonchev–Trinajstić information content (AvgIpc) is 3.22. The summed E-state index contributed by atoms with van der Waals surface area (Å²) in [6.07, 6.45) is 1.12. The number of benzene rings is 2. The Labute approximate surface area is 182 Å². The number of carboxylic acid groups (broad SMARTS) is 1. The van der Waals surface area contributed by atoms with E-state index in [2.05, 4.69) is 5.32 Å². The molecule has 3 rings (SSSR count). The van der Waals surface area contributed by atoms with Gasteiger partial charge < -0.3 is 20.1 Å². The van der Waals surface area contributed by atoms with Gasteiger partial charge in [-0.25, -0.2) is 4.79 Å². The molecule has 2 aromatic carbocycles. The third-order valence-corrected chi connectivity index (χ3v) is 5.42. The Kier molecular flexibility index (Phi) is 7.65. The number of nitrogens with one attached hydrogen (secondary N) is 1. The van der Waals surface area contributed by atoms with Gasteiger partial charge in [0, 0.05) is 18.9 Å². The molecule has 1 aliphatic heterocycles. The summed E-state index contributed by atoms with van der Waals surface area (Å²) in [4.78, 5) is 37.8. The molecule has 0 aromatic heterocycles. The normalized spacial score (nSPS) is 17.9. The van der Waals surface area contributed by atoms with E-state index in [1.807, 2.05) is 61.5 Å². The molecule has 0 aliphatic carbocycles. The number of aryl methyl sites for hydroxylation is 1. The highest BCUT2D eigenvalue weighted by atomic mass is 16.5. The number of para-hydroxylation sites is 1. The van der Waals surface area contributed by atoms with E-state index in [0.717, 1.165) is 16.9 Å². The van der Waals surface area contributed by atoms with Crippen molar-refractivity contribution in [2.24, 2.45) is 0 Å². The molecule has 164 valence electrons. The number of likely N-dealkylation sites (tertiary alicyclic amines) is 1. The minimum Gasteiger partial charge on any atom is -0.494 e. The summed E-state index contributed by atoms with van der Waals surface area (Å²) in [7, 11) is 0. The molecule has 0 radical (unpaired) electrons. The third-order valence-electron chi connectivity index (χ3n) is 5.42. The van der Waals surface area contributed by atoms with E-state index in [1.165, 1.54) is 4.90 Å². The van der Waals surface area contributed by atoms with Gasteiger partial charge in [-0.1, -0.05) is 48.0 Å². The van der Waals surface area contributed by atoms with Crippen molar-refractivity contribution in [3.05, 3.63) is 65.7 Å². The van der Waals surface area contributed by atoms with Crippen LogP contribution in [0.15, 0.2) is 54.6 Å². The van der Waals surface area contributed by atoms with Gasteiger partial charge in [0.15, 0.2) is 0 Å². The van der Waals surface area contributed by atoms with E-state index in [4.69, 9.17) is 4.74 Å². The first-order valence-electron chi connectivity index (χ1n) is 10.5. The molecule has 0 saturated carbocycles. The van der Waals surface area contributed by atoms with Crippen molar-refractivity contribution >= 4 is 17.8 Å². The number of carbonyl (C=O) groups is 3. The molecule has 0 unspecified atom stereocenters. The van der Waals surface area contributed by atoms with E-state index >= 15 is 0 Å². The molecule has 0 spiro atoms. The molecule has 31 heavy (non-hydrogen) atoms. The van der Waals surface area contributed by atoms with Gasteiger partial charge in [0.1, 0.15) is 11.8 Å². The predicted molar refractivity (Wildman–Crippen MR) is 116 cm³/mol. The summed E-state index contributed by atoms with van der Waals surface area (Å²) >= 11 is 0. The van der Waals surface area contributed by atoms with Crippen LogP contribution in [0.2, 0.25) is 0 Å². The first kappa shape index (κ1) is 22.3. The van der Waals surface area contributed by atoms with Gasteiger partial charge >= 0.3 is 5.97 Å². The topological polar surface area (TPSA) is 95.9 Å². The Morgan fingerprint density at radius 3 is 2.61 bits per heavy atom. The molecule has 1 aliphatic rings. The highest BCUT2D eigenvalue weighted by Crippen LogP contribution is 2.32. The van der Waals surface area contributed by atoms with Crippen LogP contribution in [0.1, 0.15) is 36.3 Å². The summed E-state index contributed by atoms with van der Waals surface area (Å²) in [6.45, 7) is 2.51. The summed E-state index contributed by atoms with van der Waals surface area (Å²) in [6, 6.07) is 16.4. The Morgan fingerprint density at radius 2 is 1.90 bits per heavy atom. The second-order valence-corrected chi connectivity index (χ2v) is 7.79. The van der Waals surface area contributed by atoms with Gasteiger partial charge in [-0.05, 0) is 37.5 Å². The van der Waals surface area contributed by atoms with Gasteiger partial charge in [-0.2, -0.15) is 0 Å². The van der Waals surface area contributed by atoms with E-state index in [1.54, 1.807) is 0 Å². The van der Waals surface area contributed by atoms with Gasteiger partial charge in [0.2, 0.25) is 11.8 Å². The van der Waals surface area contributed by atoms with Gasteiger partial charge in [0.05, 0.1) is 13.2 Å². The standard InChI is InChI=1S/C24H28N2O5/c1-17-7-5-8-18(13-17)19-14-21(24(29)30)26(16-19)23(28)15-25-22(27)11-6-12-31-20-9-3-2-4-10-20/h2-5,7-10,13,19,21H,6,11-12,14-16H2,1H3,(H,25,27)(H,29,30)/t19-,21-/m0/s1. The maximum atomic E-state index is 12.6. The van der Waals surface area contributed by atoms with E-state index in [9.17, 15) is 19.5 Å². The molecule has 2 atom stereocenters. The molecule has 7 nitrogen and oxygen atoms in total. The molecular formula is C24H28N2O5. The SMILES string of the molecule is Cc1cccc([C@H]2C[C@@H](C(=O)O)N(C(=O)CNC(=O)CCCOc3ccccc3)C2)c1. The summed E-state index contributed by atoms with van der Waals surface area (Å²) in [5.41, 5.74) is 2.13. The van der Waals surface area contributed by atoms with Gasteiger partial charge in [-0.3, -0.25) is 9.59 Å². The van der Waals surface area contributed by atoms with Gasteiger partial charge in [0.25, 0.3) is 0 Å². The van der Waals surface area contributed by atoms with E-state index < -0.39 is 12.0 Å². The molecule has 2 aromatic rings. The number of hydrogen-bond acceptors (Lipinski definition) is 4. The fourth-order valence-electron chi connectivity index (χ4n) is 3.81. The number of aliphatic carboxylic acids is 1. The number of carbonyl (C=O) groups excluding carboxylic acids is 2. The number of nitrogens with zero attached hydrogens (tertiary/aromatic N) is 1. The number of rotatable bonds is 9. The van der Waals surface area contributed by atoms with Crippen molar-refractivity contribution in [3.8, 4) is 5.75 Å². The number of hydrogen-bond donors (Lipinski definition) is 2. The van der Waals surface area contributed by atoms with Crippen LogP contribution < -0.4 is 10.1 Å². The zero-order valence-electron chi connectivity index (χ0n) is 17.6. The second-order valence-electron chi connectivity index (χ2n) is 7.79. The Hall–Kier alpha value is -3.35. The fourth-order valence-corrected chi connectivity index (χ4v) is 3.81. The average molecular weight is 424 g/mol. The molecule has 7 heteroatoms. The lowest BCUT2D eigenvalue weighted by molar-refractivity contribution is -0.148. The van der Waals surface area contributed by atoms with Crippen LogP contribution in [0.3, 0.4) is 0 Å². The minimum absolute atomic E-state index is 0.0317. The van der Waals surface area contributed by atoms with Crippen LogP contribution in [0, 0.1) is 6.92 Å².